The zero-order valence-corrected chi connectivity index (χ0v) is 16.2. The van der Waals surface area contributed by atoms with E-state index in [1.165, 1.54) is 5.56 Å². The van der Waals surface area contributed by atoms with Gasteiger partial charge in [-0.1, -0.05) is 12.1 Å². The number of rotatable bonds is 4. The van der Waals surface area contributed by atoms with Crippen molar-refractivity contribution in [3.8, 4) is 5.75 Å². The fraction of sp³-hybridized carbons (Fsp3) is 0.650. The molecule has 1 aromatic rings. The smallest absolute Gasteiger partial charge is 0.225 e. The molecule has 1 N–H and O–H groups in total. The van der Waals surface area contributed by atoms with Crippen LogP contribution in [0.4, 0.5) is 0 Å². The van der Waals surface area contributed by atoms with Crippen LogP contribution in [0.2, 0.25) is 0 Å². The molecule has 0 radical (unpaired) electrons. The van der Waals surface area contributed by atoms with Crippen molar-refractivity contribution in [2.75, 3.05) is 26.7 Å². The van der Waals surface area contributed by atoms with Crippen molar-refractivity contribution in [1.82, 2.24) is 10.2 Å². The van der Waals surface area contributed by atoms with Gasteiger partial charge >= 0.3 is 0 Å². The van der Waals surface area contributed by atoms with Crippen LogP contribution in [0.15, 0.2) is 24.3 Å². The predicted octanol–water partition coefficient (Wildman–Crippen LogP) is 3.29. The molecule has 4 nitrogen and oxygen atoms in total. The van der Waals surface area contributed by atoms with E-state index in [4.69, 9.17) is 4.74 Å². The molecule has 25 heavy (non-hydrogen) atoms. The molecule has 0 saturated carbocycles. The Morgan fingerprint density at radius 2 is 1.88 bits per heavy atom. The van der Waals surface area contributed by atoms with Crippen molar-refractivity contribution < 1.29 is 9.53 Å². The average Bonchev–Trinajstić information content (AvgIpc) is 2.62. The number of methoxy groups -OCH3 is 1. The Morgan fingerprint density at radius 3 is 2.48 bits per heavy atom. The van der Waals surface area contributed by atoms with Crippen LogP contribution in [0, 0.1) is 11.8 Å². The summed E-state index contributed by atoms with van der Waals surface area (Å²) in [4.78, 5) is 14.8. The molecule has 0 aromatic heterocycles. The van der Waals surface area contributed by atoms with Crippen LogP contribution in [0.3, 0.4) is 0 Å². The molecule has 140 valence electrons. The minimum absolute atomic E-state index is 0. The first-order chi connectivity index (χ1) is 11.7. The maximum absolute atomic E-state index is 12.7. The largest absolute Gasteiger partial charge is 0.497 e. The summed E-state index contributed by atoms with van der Waals surface area (Å²) in [5, 5.41) is 3.43. The molecule has 2 aliphatic rings. The SMILES string of the molecule is COc1ccc(CC2CCN(C(=O)[C@H]3CCN[C@@H](C)C3)CC2)cc1.Cl. The summed E-state index contributed by atoms with van der Waals surface area (Å²) in [5.41, 5.74) is 1.37. The molecule has 0 aliphatic carbocycles. The predicted molar refractivity (Wildman–Crippen MR) is 103 cm³/mol. The first-order valence-electron chi connectivity index (χ1n) is 9.31. The van der Waals surface area contributed by atoms with E-state index in [0.29, 0.717) is 17.9 Å². The molecule has 0 bridgehead atoms. The molecule has 0 unspecified atom stereocenters. The summed E-state index contributed by atoms with van der Waals surface area (Å²) >= 11 is 0. The van der Waals surface area contributed by atoms with Crippen molar-refractivity contribution in [3.05, 3.63) is 29.8 Å². The number of hydrogen-bond acceptors (Lipinski definition) is 3. The van der Waals surface area contributed by atoms with Gasteiger partial charge in [-0.25, -0.2) is 0 Å². The molecule has 0 spiro atoms. The summed E-state index contributed by atoms with van der Waals surface area (Å²) in [7, 11) is 1.70. The number of hydrogen-bond donors (Lipinski definition) is 1. The summed E-state index contributed by atoms with van der Waals surface area (Å²) in [6.07, 6.45) is 5.34. The molecule has 2 heterocycles. The van der Waals surface area contributed by atoms with E-state index in [9.17, 15) is 4.79 Å². The van der Waals surface area contributed by atoms with Gasteiger partial charge in [-0.05, 0) is 69.2 Å². The minimum atomic E-state index is 0. The lowest BCUT2D eigenvalue weighted by atomic mass is 9.88. The zero-order chi connectivity index (χ0) is 16.9. The molecule has 2 saturated heterocycles. The van der Waals surface area contributed by atoms with Crippen LogP contribution < -0.4 is 10.1 Å². The average molecular weight is 367 g/mol. The summed E-state index contributed by atoms with van der Waals surface area (Å²) in [5.74, 6) is 2.23. The number of ether oxygens (including phenoxy) is 1. The number of halogens is 1. The first-order valence-corrected chi connectivity index (χ1v) is 9.31. The number of carbonyl (C=O) groups is 1. The Bertz CT molecular complexity index is 541. The van der Waals surface area contributed by atoms with Crippen molar-refractivity contribution >= 4 is 18.3 Å². The molecule has 3 rings (SSSR count). The highest BCUT2D eigenvalue weighted by Crippen LogP contribution is 2.26. The second-order valence-electron chi connectivity index (χ2n) is 7.40. The number of amides is 1. The van der Waals surface area contributed by atoms with E-state index >= 15 is 0 Å². The van der Waals surface area contributed by atoms with E-state index < -0.39 is 0 Å². The van der Waals surface area contributed by atoms with Gasteiger partial charge in [-0.3, -0.25) is 4.79 Å². The highest BCUT2D eigenvalue weighted by atomic mass is 35.5. The van der Waals surface area contributed by atoms with E-state index in [0.717, 1.165) is 57.5 Å². The number of likely N-dealkylation sites (tertiary alicyclic amines) is 1. The molecular formula is C20H31ClN2O2. The van der Waals surface area contributed by atoms with E-state index in [1.807, 2.05) is 12.1 Å². The van der Waals surface area contributed by atoms with Crippen molar-refractivity contribution in [2.24, 2.45) is 11.8 Å². The van der Waals surface area contributed by atoms with Crippen LogP contribution in [0.5, 0.6) is 5.75 Å². The lowest BCUT2D eigenvalue weighted by Gasteiger charge is -2.36. The van der Waals surface area contributed by atoms with Crippen LogP contribution in [-0.2, 0) is 11.2 Å². The third-order valence-electron chi connectivity index (χ3n) is 5.58. The van der Waals surface area contributed by atoms with Gasteiger partial charge in [-0.15, -0.1) is 12.4 Å². The fourth-order valence-corrected chi connectivity index (χ4v) is 4.07. The topological polar surface area (TPSA) is 41.6 Å². The van der Waals surface area contributed by atoms with Crippen LogP contribution >= 0.6 is 12.4 Å². The maximum Gasteiger partial charge on any atom is 0.225 e. The second-order valence-corrected chi connectivity index (χ2v) is 7.40. The molecule has 2 fully saturated rings. The third kappa shape index (κ3) is 5.35. The van der Waals surface area contributed by atoms with Gasteiger partial charge in [-0.2, -0.15) is 0 Å². The van der Waals surface area contributed by atoms with Crippen LogP contribution in [-0.4, -0.2) is 43.6 Å². The lowest BCUT2D eigenvalue weighted by Crippen LogP contribution is -2.46. The molecule has 5 heteroatoms. The quantitative estimate of drug-likeness (QED) is 0.889. The number of piperidine rings is 2. The monoisotopic (exact) mass is 366 g/mol. The fourth-order valence-electron chi connectivity index (χ4n) is 4.07. The Labute approximate surface area is 157 Å². The van der Waals surface area contributed by atoms with Gasteiger partial charge in [0.1, 0.15) is 5.75 Å². The molecule has 1 aromatic carbocycles. The van der Waals surface area contributed by atoms with Gasteiger partial charge in [0.2, 0.25) is 5.91 Å². The summed E-state index contributed by atoms with van der Waals surface area (Å²) in [6.45, 7) is 5.02. The molecule has 2 aliphatic heterocycles. The van der Waals surface area contributed by atoms with Crippen LogP contribution in [0.1, 0.15) is 38.2 Å². The van der Waals surface area contributed by atoms with Crippen molar-refractivity contribution in [2.45, 2.75) is 45.1 Å². The lowest BCUT2D eigenvalue weighted by molar-refractivity contribution is -0.138. The highest BCUT2D eigenvalue weighted by molar-refractivity contribution is 5.85. The normalized spacial score (nSPS) is 24.5. The number of nitrogens with zero attached hydrogens (tertiary/aromatic N) is 1. The number of benzene rings is 1. The number of carbonyl (C=O) groups excluding carboxylic acids is 1. The Hall–Kier alpha value is -1.26. The maximum atomic E-state index is 12.7. The summed E-state index contributed by atoms with van der Waals surface area (Å²) in [6, 6.07) is 8.86. The van der Waals surface area contributed by atoms with E-state index in [-0.39, 0.29) is 18.3 Å². The second kappa shape index (κ2) is 9.44. The first kappa shape index (κ1) is 20.1. The van der Waals surface area contributed by atoms with Gasteiger partial charge in [0.25, 0.3) is 0 Å². The summed E-state index contributed by atoms with van der Waals surface area (Å²) < 4.78 is 5.22. The van der Waals surface area contributed by atoms with E-state index in [1.54, 1.807) is 7.11 Å². The molecule has 1 amide bonds. The Morgan fingerprint density at radius 1 is 1.20 bits per heavy atom. The number of nitrogens with one attached hydrogen (secondary N) is 1. The third-order valence-corrected chi connectivity index (χ3v) is 5.58. The minimum Gasteiger partial charge on any atom is -0.497 e. The van der Waals surface area contributed by atoms with Gasteiger partial charge < -0.3 is 15.0 Å². The Kier molecular flexibility index (Phi) is 7.57. The Balaban J connectivity index is 0.00000225. The van der Waals surface area contributed by atoms with Gasteiger partial charge in [0.15, 0.2) is 0 Å². The highest BCUT2D eigenvalue weighted by Gasteiger charge is 2.30. The van der Waals surface area contributed by atoms with Crippen molar-refractivity contribution in [1.29, 1.82) is 0 Å². The zero-order valence-electron chi connectivity index (χ0n) is 15.4. The molecular weight excluding hydrogens is 336 g/mol. The van der Waals surface area contributed by atoms with E-state index in [2.05, 4.69) is 29.3 Å². The van der Waals surface area contributed by atoms with Gasteiger partial charge in [0.05, 0.1) is 7.11 Å². The standard InChI is InChI=1S/C20H30N2O2.ClH/c1-15-13-18(7-10-21-15)20(23)22-11-8-17(9-12-22)14-16-3-5-19(24-2)6-4-16;/h3-6,15,17-18,21H,7-14H2,1-2H3;1H/t15-,18-;/m0./s1. The van der Waals surface area contributed by atoms with Gasteiger partial charge in [0, 0.05) is 25.0 Å². The van der Waals surface area contributed by atoms with Crippen LogP contribution in [0.25, 0.3) is 0 Å². The van der Waals surface area contributed by atoms with Crippen molar-refractivity contribution in [3.63, 3.8) is 0 Å². The molecule has 2 atom stereocenters.